The topological polar surface area (TPSA) is 0 Å². The van der Waals surface area contributed by atoms with Gasteiger partial charge in [-0.1, -0.05) is 32.1 Å². The molecule has 0 aliphatic heterocycles. The van der Waals surface area contributed by atoms with E-state index >= 15 is 0 Å². The zero-order valence-corrected chi connectivity index (χ0v) is 9.86. The standard InChI is InChI=1S/C5H10.2CH3.2ClH.Ti/c1-2-4-5-3-1;;;;;/h1-5H2;2*1H3;2*1H;/q;2*-1;;;+2/p-2. The molecule has 0 N–H and O–H groups in total. The van der Waals surface area contributed by atoms with Crippen LogP contribution in [0, 0.1) is 14.9 Å². The molecule has 1 fully saturated rings. The fourth-order valence-corrected chi connectivity index (χ4v) is 0.884. The van der Waals surface area contributed by atoms with E-state index in [2.05, 4.69) is 0 Å². The van der Waals surface area contributed by atoms with E-state index in [4.69, 9.17) is 18.6 Å². The van der Waals surface area contributed by atoms with Crippen LogP contribution in [0.2, 0.25) is 0 Å². The molecule has 0 radical (unpaired) electrons. The summed E-state index contributed by atoms with van der Waals surface area (Å²) in [6, 6.07) is 0. The van der Waals surface area contributed by atoms with Gasteiger partial charge in [0.25, 0.3) is 0 Å². The minimum atomic E-state index is -0.556. The van der Waals surface area contributed by atoms with Crippen molar-refractivity contribution in [3.05, 3.63) is 14.9 Å². The third-order valence-corrected chi connectivity index (χ3v) is 1.25. The van der Waals surface area contributed by atoms with Crippen molar-refractivity contribution in [3.8, 4) is 0 Å². The van der Waals surface area contributed by atoms with E-state index in [1.54, 1.807) is 0 Å². The van der Waals surface area contributed by atoms with Crippen LogP contribution >= 0.6 is 18.6 Å². The maximum absolute atomic E-state index is 4.89. The molecule has 1 rings (SSSR count). The SMILES string of the molecule is C1CCCC1.[CH3-].[CH3-].[Cl][Ti][Cl]. The van der Waals surface area contributed by atoms with Crippen LogP contribution in [0.15, 0.2) is 0 Å². The molecule has 1 aliphatic carbocycles. The van der Waals surface area contributed by atoms with E-state index in [1.807, 2.05) is 0 Å². The molecule has 0 spiro atoms. The Labute approximate surface area is 82.4 Å². The summed E-state index contributed by atoms with van der Waals surface area (Å²) in [5, 5.41) is 0. The van der Waals surface area contributed by atoms with Crippen LogP contribution in [0.4, 0.5) is 0 Å². The Morgan fingerprint density at radius 2 is 0.800 bits per heavy atom. The maximum atomic E-state index is 4.89. The van der Waals surface area contributed by atoms with Crippen molar-refractivity contribution < 1.29 is 17.0 Å². The van der Waals surface area contributed by atoms with Gasteiger partial charge >= 0.3 is 35.6 Å². The van der Waals surface area contributed by atoms with Crippen molar-refractivity contribution in [1.82, 2.24) is 0 Å². The summed E-state index contributed by atoms with van der Waals surface area (Å²) in [6.45, 7) is 0. The summed E-state index contributed by atoms with van der Waals surface area (Å²) < 4.78 is 0. The van der Waals surface area contributed by atoms with Crippen LogP contribution in [0.3, 0.4) is 0 Å². The quantitative estimate of drug-likeness (QED) is 0.422. The van der Waals surface area contributed by atoms with Crippen LogP contribution in [-0.4, -0.2) is 0 Å². The van der Waals surface area contributed by atoms with Gasteiger partial charge in [-0.3, -0.25) is 0 Å². The Balaban J connectivity index is -0.0000000900. The molecule has 0 aromatic rings. The van der Waals surface area contributed by atoms with Crippen molar-refractivity contribution in [2.45, 2.75) is 32.1 Å². The monoisotopic (exact) mass is 218 g/mol. The molecule has 10 heavy (non-hydrogen) atoms. The molecular weight excluding hydrogens is 203 g/mol. The molecule has 1 saturated carbocycles. The molecule has 64 valence electrons. The molecule has 0 atom stereocenters. The Bertz CT molecular complexity index is 31.0. The summed E-state index contributed by atoms with van der Waals surface area (Å²) in [5.74, 6) is 0. The van der Waals surface area contributed by atoms with E-state index < -0.39 is 17.0 Å². The van der Waals surface area contributed by atoms with Crippen molar-refractivity contribution in [2.24, 2.45) is 0 Å². The van der Waals surface area contributed by atoms with Crippen LogP contribution < -0.4 is 0 Å². The molecule has 0 amide bonds. The summed E-state index contributed by atoms with van der Waals surface area (Å²) >= 11 is -0.556. The van der Waals surface area contributed by atoms with Gasteiger partial charge in [-0.15, -0.1) is 0 Å². The zero-order valence-electron chi connectivity index (χ0n) is 6.79. The fraction of sp³-hybridized carbons (Fsp3) is 0.714. The van der Waals surface area contributed by atoms with Crippen molar-refractivity contribution in [1.29, 1.82) is 0 Å². The minimum absolute atomic E-state index is 0. The summed E-state index contributed by atoms with van der Waals surface area (Å²) in [6.07, 6.45) is 7.50. The Morgan fingerprint density at radius 3 is 0.900 bits per heavy atom. The van der Waals surface area contributed by atoms with E-state index in [9.17, 15) is 0 Å². The molecule has 0 aromatic carbocycles. The van der Waals surface area contributed by atoms with Crippen LogP contribution in [-0.2, 0) is 17.0 Å². The number of hydrogen-bond donors (Lipinski definition) is 0. The molecular formula is C7H16Cl2Ti-2. The van der Waals surface area contributed by atoms with E-state index in [0.717, 1.165) is 0 Å². The zero-order chi connectivity index (χ0) is 6.24. The van der Waals surface area contributed by atoms with E-state index in [0.29, 0.717) is 0 Å². The van der Waals surface area contributed by atoms with Gasteiger partial charge in [-0.05, 0) is 0 Å². The molecule has 1 aliphatic rings. The van der Waals surface area contributed by atoms with Gasteiger partial charge in [0.15, 0.2) is 0 Å². The van der Waals surface area contributed by atoms with Crippen LogP contribution in [0.5, 0.6) is 0 Å². The predicted octanol–water partition coefficient (Wildman–Crippen LogP) is 4.23. The number of hydrogen-bond acceptors (Lipinski definition) is 0. The third kappa shape index (κ3) is 16.1. The van der Waals surface area contributed by atoms with Crippen LogP contribution in [0.25, 0.3) is 0 Å². The molecule has 0 nitrogen and oxygen atoms in total. The first kappa shape index (κ1) is 17.4. The van der Waals surface area contributed by atoms with Crippen molar-refractivity contribution >= 4 is 18.6 Å². The first-order valence-electron chi connectivity index (χ1n) is 2.88. The Morgan fingerprint density at radius 1 is 0.700 bits per heavy atom. The van der Waals surface area contributed by atoms with Gasteiger partial charge in [-0.25, -0.2) is 0 Å². The Kier molecular flexibility index (Phi) is 29.1. The first-order valence-corrected chi connectivity index (χ1v) is 7.18. The number of rotatable bonds is 0. The van der Waals surface area contributed by atoms with Gasteiger partial charge in [0.05, 0.1) is 0 Å². The number of halogens is 2. The molecule has 0 bridgehead atoms. The second kappa shape index (κ2) is 16.7. The normalized spacial score (nSPS) is 13.4. The van der Waals surface area contributed by atoms with Crippen LogP contribution in [0.1, 0.15) is 32.1 Å². The summed E-state index contributed by atoms with van der Waals surface area (Å²) in [7, 11) is 9.78. The Hall–Kier alpha value is 1.29. The fourth-order valence-electron chi connectivity index (χ4n) is 0.884. The van der Waals surface area contributed by atoms with E-state index in [1.165, 1.54) is 32.1 Å². The molecule has 0 heterocycles. The summed E-state index contributed by atoms with van der Waals surface area (Å²) in [5.41, 5.74) is 0. The van der Waals surface area contributed by atoms with Crippen molar-refractivity contribution in [3.63, 3.8) is 0 Å². The molecule has 3 heteroatoms. The predicted molar refractivity (Wildman–Crippen MR) is 47.6 cm³/mol. The average Bonchev–Trinajstić information content (AvgIpc) is 2.17. The van der Waals surface area contributed by atoms with Gasteiger partial charge < -0.3 is 14.9 Å². The van der Waals surface area contributed by atoms with Gasteiger partial charge in [0, 0.05) is 0 Å². The van der Waals surface area contributed by atoms with Gasteiger partial charge in [-0.2, -0.15) is 0 Å². The first-order chi connectivity index (χ1) is 3.91. The van der Waals surface area contributed by atoms with Gasteiger partial charge in [0.2, 0.25) is 0 Å². The third-order valence-electron chi connectivity index (χ3n) is 1.25. The molecule has 0 unspecified atom stereocenters. The molecule has 0 saturated heterocycles. The van der Waals surface area contributed by atoms with Gasteiger partial charge in [0.1, 0.15) is 0 Å². The summed E-state index contributed by atoms with van der Waals surface area (Å²) in [4.78, 5) is 0. The molecule has 0 aromatic heterocycles. The van der Waals surface area contributed by atoms with Crippen molar-refractivity contribution in [2.75, 3.05) is 0 Å². The second-order valence-electron chi connectivity index (χ2n) is 1.84. The van der Waals surface area contributed by atoms with E-state index in [-0.39, 0.29) is 14.9 Å². The average molecular weight is 219 g/mol. The second-order valence-corrected chi connectivity index (χ2v) is 4.42.